The van der Waals surface area contributed by atoms with E-state index in [4.69, 9.17) is 5.11 Å². The highest BCUT2D eigenvalue weighted by Crippen LogP contribution is 2.21. The largest absolute Gasteiger partial charge is 0.481 e. The van der Waals surface area contributed by atoms with Crippen LogP contribution in [0.1, 0.15) is 13.3 Å². The Morgan fingerprint density at radius 2 is 2.00 bits per heavy atom. The number of amides is 1. The van der Waals surface area contributed by atoms with E-state index >= 15 is 0 Å². The van der Waals surface area contributed by atoms with Crippen LogP contribution in [0.15, 0.2) is 23.1 Å². The topological polar surface area (TPSA) is 104 Å². The summed E-state index contributed by atoms with van der Waals surface area (Å²) in [5, 5.41) is 10.9. The molecule has 0 radical (unpaired) electrons. The zero-order valence-corrected chi connectivity index (χ0v) is 12.3. The molecule has 0 fully saturated rings. The number of carboxylic acids is 1. The molecule has 0 heterocycles. The van der Waals surface area contributed by atoms with E-state index in [1.54, 1.807) is 0 Å². The zero-order valence-electron chi connectivity index (χ0n) is 11.5. The number of benzene rings is 1. The van der Waals surface area contributed by atoms with Crippen molar-refractivity contribution in [1.82, 2.24) is 4.31 Å². The van der Waals surface area contributed by atoms with Crippen LogP contribution in [0.5, 0.6) is 0 Å². The lowest BCUT2D eigenvalue weighted by Crippen LogP contribution is -2.29. The van der Waals surface area contributed by atoms with Gasteiger partial charge in [-0.25, -0.2) is 17.1 Å². The minimum absolute atomic E-state index is 0.132. The lowest BCUT2D eigenvalue weighted by Gasteiger charge is -2.17. The predicted octanol–water partition coefficient (Wildman–Crippen LogP) is 0.879. The van der Waals surface area contributed by atoms with E-state index < -0.39 is 32.6 Å². The molecule has 7 nitrogen and oxygen atoms in total. The van der Waals surface area contributed by atoms with Crippen LogP contribution < -0.4 is 5.32 Å². The number of nitrogens with one attached hydrogen (secondary N) is 1. The highest BCUT2D eigenvalue weighted by atomic mass is 32.2. The van der Waals surface area contributed by atoms with Crippen molar-refractivity contribution in [3.8, 4) is 0 Å². The zero-order chi connectivity index (χ0) is 16.2. The van der Waals surface area contributed by atoms with E-state index in [0.29, 0.717) is 0 Å². The molecule has 0 aromatic heterocycles. The summed E-state index contributed by atoms with van der Waals surface area (Å²) in [6, 6.07) is 3.16. The Morgan fingerprint density at radius 1 is 1.38 bits per heavy atom. The van der Waals surface area contributed by atoms with Crippen molar-refractivity contribution in [2.24, 2.45) is 0 Å². The Hall–Kier alpha value is -2.00. The fourth-order valence-corrected chi connectivity index (χ4v) is 2.75. The molecule has 0 aliphatic heterocycles. The monoisotopic (exact) mass is 318 g/mol. The van der Waals surface area contributed by atoms with Crippen LogP contribution in [0.25, 0.3) is 0 Å². The number of carbonyl (C=O) groups excluding carboxylic acids is 1. The van der Waals surface area contributed by atoms with Crippen molar-refractivity contribution in [3.05, 3.63) is 24.0 Å². The van der Waals surface area contributed by atoms with Crippen LogP contribution in [0.2, 0.25) is 0 Å². The maximum Gasteiger partial charge on any atom is 0.304 e. The number of halogens is 1. The van der Waals surface area contributed by atoms with Gasteiger partial charge in [0.15, 0.2) is 0 Å². The van der Waals surface area contributed by atoms with Gasteiger partial charge in [0.05, 0.1) is 6.42 Å². The van der Waals surface area contributed by atoms with Gasteiger partial charge in [-0.15, -0.1) is 0 Å². The first-order chi connectivity index (χ1) is 9.64. The molecule has 1 aromatic rings. The van der Waals surface area contributed by atoms with Crippen molar-refractivity contribution >= 4 is 27.6 Å². The fourth-order valence-electron chi connectivity index (χ4n) is 1.53. The van der Waals surface area contributed by atoms with E-state index in [2.05, 4.69) is 5.32 Å². The molecule has 0 saturated carbocycles. The quantitative estimate of drug-likeness (QED) is 0.810. The second kappa shape index (κ2) is 6.64. The van der Waals surface area contributed by atoms with Gasteiger partial charge in [-0.2, -0.15) is 0 Å². The number of hydrogen-bond acceptors (Lipinski definition) is 4. The SMILES string of the molecule is CC(=O)Nc1ccc(S(=O)(=O)N(C)CCC(=O)O)c(F)c1. The number of nitrogens with zero attached hydrogens (tertiary/aromatic N) is 1. The van der Waals surface area contributed by atoms with E-state index in [1.807, 2.05) is 0 Å². The van der Waals surface area contributed by atoms with Gasteiger partial charge in [-0.05, 0) is 18.2 Å². The van der Waals surface area contributed by atoms with Gasteiger partial charge < -0.3 is 10.4 Å². The molecule has 9 heteroatoms. The summed E-state index contributed by atoms with van der Waals surface area (Å²) in [4.78, 5) is 20.7. The van der Waals surface area contributed by atoms with Crippen molar-refractivity contribution in [3.63, 3.8) is 0 Å². The molecular weight excluding hydrogens is 303 g/mol. The van der Waals surface area contributed by atoms with Gasteiger partial charge in [-0.1, -0.05) is 0 Å². The average molecular weight is 318 g/mol. The van der Waals surface area contributed by atoms with E-state index in [0.717, 1.165) is 16.4 Å². The van der Waals surface area contributed by atoms with Crippen LogP contribution >= 0.6 is 0 Å². The highest BCUT2D eigenvalue weighted by molar-refractivity contribution is 7.89. The summed E-state index contributed by atoms with van der Waals surface area (Å²) >= 11 is 0. The Labute approximate surface area is 121 Å². The third-order valence-electron chi connectivity index (χ3n) is 2.58. The standard InChI is InChI=1S/C12H15FN2O5S/c1-8(16)14-9-3-4-11(10(13)7-9)21(19,20)15(2)6-5-12(17)18/h3-4,7H,5-6H2,1-2H3,(H,14,16)(H,17,18). The van der Waals surface area contributed by atoms with Gasteiger partial charge in [0, 0.05) is 26.2 Å². The van der Waals surface area contributed by atoms with Gasteiger partial charge in [0.1, 0.15) is 10.7 Å². The highest BCUT2D eigenvalue weighted by Gasteiger charge is 2.25. The van der Waals surface area contributed by atoms with E-state index in [9.17, 15) is 22.4 Å². The smallest absolute Gasteiger partial charge is 0.304 e. The molecule has 0 atom stereocenters. The van der Waals surface area contributed by atoms with Gasteiger partial charge in [0.25, 0.3) is 0 Å². The second-order valence-electron chi connectivity index (χ2n) is 4.30. The van der Waals surface area contributed by atoms with Gasteiger partial charge >= 0.3 is 5.97 Å². The predicted molar refractivity (Wildman–Crippen MR) is 72.8 cm³/mol. The van der Waals surface area contributed by atoms with Crippen LogP contribution in [-0.4, -0.2) is 43.3 Å². The first-order valence-corrected chi connectivity index (χ1v) is 7.34. The number of anilines is 1. The number of carboxylic acid groups (broad SMARTS) is 1. The maximum absolute atomic E-state index is 13.9. The number of rotatable bonds is 6. The number of carbonyl (C=O) groups is 2. The van der Waals surface area contributed by atoms with Crippen LogP contribution in [0.3, 0.4) is 0 Å². The molecule has 116 valence electrons. The summed E-state index contributed by atoms with van der Waals surface area (Å²) in [6.07, 6.45) is -0.388. The summed E-state index contributed by atoms with van der Waals surface area (Å²) < 4.78 is 38.9. The Bertz CT molecular complexity index is 660. The maximum atomic E-state index is 13.9. The Kier molecular flexibility index (Phi) is 5.39. The summed E-state index contributed by atoms with van der Waals surface area (Å²) in [5.74, 6) is -2.59. The van der Waals surface area contributed by atoms with Crippen LogP contribution in [0.4, 0.5) is 10.1 Å². The molecule has 1 rings (SSSR count). The molecule has 0 aliphatic rings. The van der Waals surface area contributed by atoms with Gasteiger partial charge in [0.2, 0.25) is 15.9 Å². The minimum Gasteiger partial charge on any atom is -0.481 e. The third kappa shape index (κ3) is 4.50. The number of sulfonamides is 1. The fraction of sp³-hybridized carbons (Fsp3) is 0.333. The first-order valence-electron chi connectivity index (χ1n) is 5.90. The summed E-state index contributed by atoms with van der Waals surface area (Å²) in [6.45, 7) is 0.965. The molecular formula is C12H15FN2O5S. The number of hydrogen-bond donors (Lipinski definition) is 2. The molecule has 0 unspecified atom stereocenters. The molecule has 0 bridgehead atoms. The van der Waals surface area contributed by atoms with Crippen molar-refractivity contribution in [1.29, 1.82) is 0 Å². The molecule has 2 N–H and O–H groups in total. The third-order valence-corrected chi connectivity index (χ3v) is 4.47. The van der Waals surface area contributed by atoms with Crippen molar-refractivity contribution in [2.45, 2.75) is 18.2 Å². The molecule has 0 spiro atoms. The molecule has 1 amide bonds. The molecule has 0 saturated heterocycles. The van der Waals surface area contributed by atoms with Crippen molar-refractivity contribution < 1.29 is 27.5 Å². The van der Waals surface area contributed by atoms with Crippen molar-refractivity contribution in [2.75, 3.05) is 18.9 Å². The minimum atomic E-state index is -4.13. The second-order valence-corrected chi connectivity index (χ2v) is 6.31. The lowest BCUT2D eigenvalue weighted by atomic mass is 10.3. The Balaban J connectivity index is 3.03. The molecule has 21 heavy (non-hydrogen) atoms. The Morgan fingerprint density at radius 3 is 2.48 bits per heavy atom. The average Bonchev–Trinajstić information content (AvgIpc) is 2.34. The molecule has 1 aromatic carbocycles. The summed E-state index contributed by atoms with van der Waals surface area (Å²) in [5.41, 5.74) is 0.132. The molecule has 0 aliphatic carbocycles. The number of aliphatic carboxylic acids is 1. The van der Waals surface area contributed by atoms with E-state index in [-0.39, 0.29) is 18.7 Å². The van der Waals surface area contributed by atoms with Gasteiger partial charge in [-0.3, -0.25) is 9.59 Å². The van der Waals surface area contributed by atoms with Crippen LogP contribution in [0, 0.1) is 5.82 Å². The summed E-state index contributed by atoms with van der Waals surface area (Å²) in [7, 11) is -2.96. The van der Waals surface area contributed by atoms with Crippen LogP contribution in [-0.2, 0) is 19.6 Å². The lowest BCUT2D eigenvalue weighted by molar-refractivity contribution is -0.137. The first kappa shape index (κ1) is 17.1. The normalized spacial score (nSPS) is 11.4. The van der Waals surface area contributed by atoms with E-state index in [1.165, 1.54) is 20.0 Å².